The Labute approximate surface area is 271 Å². The van der Waals surface area contributed by atoms with Crippen LogP contribution >= 0.6 is 27.3 Å². The van der Waals surface area contributed by atoms with Gasteiger partial charge >= 0.3 is 11.9 Å². The molecule has 0 fully saturated rings. The maximum atomic E-state index is 14.1. The Morgan fingerprint density at radius 1 is 1.07 bits per heavy atom. The zero-order valence-corrected chi connectivity index (χ0v) is 27.3. The summed E-state index contributed by atoms with van der Waals surface area (Å²) in [6.07, 6.45) is 3.08. The highest BCUT2D eigenvalue weighted by Gasteiger charge is 2.36. The lowest BCUT2D eigenvalue weighted by Crippen LogP contribution is -2.40. The number of aromatic nitrogens is 1. The van der Waals surface area contributed by atoms with E-state index < -0.39 is 18.0 Å². The highest BCUT2D eigenvalue weighted by Crippen LogP contribution is 2.38. The molecule has 0 bridgehead atoms. The number of benzene rings is 3. The summed E-state index contributed by atoms with van der Waals surface area (Å²) in [5.41, 5.74) is 3.12. The van der Waals surface area contributed by atoms with E-state index in [2.05, 4.69) is 15.9 Å². The van der Waals surface area contributed by atoms with E-state index in [9.17, 15) is 14.4 Å². The smallest absolute Gasteiger partial charge is 0.338 e. The zero-order chi connectivity index (χ0) is 32.1. The largest absolute Gasteiger partial charge is 0.496 e. The van der Waals surface area contributed by atoms with Crippen LogP contribution in [0.2, 0.25) is 0 Å². The van der Waals surface area contributed by atoms with E-state index in [1.54, 1.807) is 42.9 Å². The monoisotopic (exact) mass is 690 g/mol. The molecule has 9 nitrogen and oxygen atoms in total. The third kappa shape index (κ3) is 6.94. The number of aromatic carboxylic acids is 1. The number of carboxylic acid groups (broad SMARTS) is 1. The molecule has 11 heteroatoms. The maximum absolute atomic E-state index is 14.1. The van der Waals surface area contributed by atoms with Crippen molar-refractivity contribution in [1.29, 1.82) is 0 Å². The Balaban J connectivity index is 1.53. The summed E-state index contributed by atoms with van der Waals surface area (Å²) in [6, 6.07) is 18.5. The molecule has 5 rings (SSSR count). The molecule has 232 valence electrons. The van der Waals surface area contributed by atoms with Gasteiger partial charge in [-0.2, -0.15) is 0 Å². The first-order valence-corrected chi connectivity index (χ1v) is 16.0. The number of carbonyl (C=O) groups is 2. The summed E-state index contributed by atoms with van der Waals surface area (Å²) in [5.74, 6) is -0.333. The van der Waals surface area contributed by atoms with Crippen LogP contribution in [0.1, 0.15) is 59.8 Å². The van der Waals surface area contributed by atoms with Gasteiger partial charge < -0.3 is 19.3 Å². The van der Waals surface area contributed by atoms with E-state index in [-0.39, 0.29) is 24.3 Å². The molecule has 0 aliphatic carbocycles. The number of halogens is 1. The van der Waals surface area contributed by atoms with Crippen molar-refractivity contribution < 1.29 is 28.9 Å². The van der Waals surface area contributed by atoms with Crippen molar-refractivity contribution in [3.05, 3.63) is 124 Å². The molecular weight excluding hydrogens is 660 g/mol. The molecule has 0 amide bonds. The van der Waals surface area contributed by atoms with Gasteiger partial charge in [-0.05, 0) is 73.0 Å². The number of hydrogen-bond acceptors (Lipinski definition) is 8. The highest BCUT2D eigenvalue weighted by molar-refractivity contribution is 9.10. The van der Waals surface area contributed by atoms with Crippen LogP contribution in [0, 0.1) is 0 Å². The molecule has 0 radical (unpaired) electrons. The molecule has 1 N–H and O–H groups in total. The first-order chi connectivity index (χ1) is 21.7. The number of hydrogen-bond donors (Lipinski definition) is 1. The van der Waals surface area contributed by atoms with Gasteiger partial charge in [-0.3, -0.25) is 9.36 Å². The zero-order valence-electron chi connectivity index (χ0n) is 24.9. The van der Waals surface area contributed by atoms with Gasteiger partial charge in [-0.1, -0.05) is 64.9 Å². The lowest BCUT2D eigenvalue weighted by Gasteiger charge is -2.27. The van der Waals surface area contributed by atoms with E-state index in [1.165, 1.54) is 23.5 Å². The van der Waals surface area contributed by atoms with Gasteiger partial charge in [0.1, 0.15) is 24.1 Å². The SMILES string of the molecule is CCCC1=C(C(=O)OCC)[C@H](c2cc(Br)ccc2OC)n2c(s/c(=C/c3ccc(OCc4ccc(C(=O)O)cc4)cc3)c2=O)=N1. The van der Waals surface area contributed by atoms with Crippen molar-refractivity contribution in [2.45, 2.75) is 39.3 Å². The van der Waals surface area contributed by atoms with Gasteiger partial charge in [0.25, 0.3) is 5.56 Å². The number of allylic oxidation sites excluding steroid dienone is 1. The molecular formula is C34H31BrN2O7S. The number of esters is 1. The highest BCUT2D eigenvalue weighted by atomic mass is 79.9. The number of rotatable bonds is 11. The quantitative estimate of drug-likeness (QED) is 0.203. The molecule has 1 aliphatic heterocycles. The summed E-state index contributed by atoms with van der Waals surface area (Å²) in [7, 11) is 1.56. The second kappa shape index (κ2) is 14.1. The normalized spacial score (nSPS) is 14.5. The minimum Gasteiger partial charge on any atom is -0.496 e. The number of ether oxygens (including phenoxy) is 3. The standard InChI is InChI=1S/C34H31BrN2O7S/c1-4-6-26-29(33(41)43-5-2)30(25-18-23(35)13-16-27(25)42-3)37-31(38)28(45-34(37)36-26)17-20-9-14-24(15-10-20)44-19-21-7-11-22(12-8-21)32(39)40/h7-18,30H,4-6,19H2,1-3H3,(H,39,40)/b28-17+/t30-/m0/s1. The second-order valence-corrected chi connectivity index (χ2v) is 12.1. The summed E-state index contributed by atoms with van der Waals surface area (Å²) in [5, 5.41) is 9.08. The average molecular weight is 692 g/mol. The minimum atomic E-state index is -0.977. The number of fused-ring (bicyclic) bond motifs is 1. The first-order valence-electron chi connectivity index (χ1n) is 14.3. The molecule has 0 saturated heterocycles. The summed E-state index contributed by atoms with van der Waals surface area (Å²) >= 11 is 4.80. The minimum absolute atomic E-state index is 0.186. The molecule has 0 saturated carbocycles. The fourth-order valence-corrected chi connectivity index (χ4v) is 6.45. The third-order valence-corrected chi connectivity index (χ3v) is 8.64. The van der Waals surface area contributed by atoms with E-state index in [4.69, 9.17) is 24.3 Å². The lowest BCUT2D eigenvalue weighted by atomic mass is 9.93. The van der Waals surface area contributed by atoms with Crippen LogP contribution in [0.25, 0.3) is 6.08 Å². The van der Waals surface area contributed by atoms with Crippen LogP contribution in [-0.2, 0) is 16.1 Å². The van der Waals surface area contributed by atoms with Crippen LogP contribution in [0.15, 0.2) is 92.3 Å². The summed E-state index contributed by atoms with van der Waals surface area (Å²) in [4.78, 5) is 43.9. The van der Waals surface area contributed by atoms with Gasteiger partial charge in [0.2, 0.25) is 0 Å². The first kappa shape index (κ1) is 31.9. The van der Waals surface area contributed by atoms with Crippen molar-refractivity contribution >= 4 is 45.3 Å². The molecule has 4 aromatic rings. The van der Waals surface area contributed by atoms with Crippen molar-refractivity contribution in [3.63, 3.8) is 0 Å². The number of carbonyl (C=O) groups excluding carboxylic acids is 1. The van der Waals surface area contributed by atoms with Gasteiger partial charge in [0, 0.05) is 10.0 Å². The van der Waals surface area contributed by atoms with Gasteiger partial charge in [0.05, 0.1) is 35.1 Å². The van der Waals surface area contributed by atoms with E-state index in [1.807, 2.05) is 43.3 Å². The Morgan fingerprint density at radius 3 is 2.44 bits per heavy atom. The number of methoxy groups -OCH3 is 1. The number of thiazole rings is 1. The predicted octanol–water partition coefficient (Wildman–Crippen LogP) is 5.63. The fraction of sp³-hybridized carbons (Fsp3) is 0.235. The molecule has 45 heavy (non-hydrogen) atoms. The molecule has 1 aliphatic rings. The van der Waals surface area contributed by atoms with Crippen LogP contribution in [0.4, 0.5) is 0 Å². The summed E-state index contributed by atoms with van der Waals surface area (Å²) < 4.78 is 19.8. The van der Waals surface area contributed by atoms with Gasteiger partial charge in [0.15, 0.2) is 4.80 Å². The van der Waals surface area contributed by atoms with Crippen molar-refractivity contribution in [1.82, 2.24) is 4.57 Å². The number of carboxylic acids is 1. The van der Waals surface area contributed by atoms with Crippen LogP contribution in [-0.4, -0.2) is 35.3 Å². The Kier molecular flexibility index (Phi) is 9.99. The maximum Gasteiger partial charge on any atom is 0.338 e. The molecule has 0 spiro atoms. The third-order valence-electron chi connectivity index (χ3n) is 7.16. The van der Waals surface area contributed by atoms with Crippen molar-refractivity contribution in [3.8, 4) is 11.5 Å². The van der Waals surface area contributed by atoms with Crippen LogP contribution in [0.3, 0.4) is 0 Å². The number of nitrogens with zero attached hydrogens (tertiary/aromatic N) is 2. The fourth-order valence-electron chi connectivity index (χ4n) is 5.06. The van der Waals surface area contributed by atoms with Crippen molar-refractivity contribution in [2.24, 2.45) is 4.99 Å². The topological polar surface area (TPSA) is 116 Å². The molecule has 2 heterocycles. The summed E-state index contributed by atoms with van der Waals surface area (Å²) in [6.45, 7) is 4.22. The van der Waals surface area contributed by atoms with Gasteiger partial charge in [-0.15, -0.1) is 0 Å². The molecule has 1 aromatic heterocycles. The van der Waals surface area contributed by atoms with Crippen LogP contribution < -0.4 is 24.4 Å². The Bertz CT molecular complexity index is 1940. The Hall–Kier alpha value is -4.48. The van der Waals surface area contributed by atoms with E-state index in [0.29, 0.717) is 44.1 Å². The molecule has 3 aromatic carbocycles. The van der Waals surface area contributed by atoms with Crippen LogP contribution in [0.5, 0.6) is 11.5 Å². The predicted molar refractivity (Wildman–Crippen MR) is 175 cm³/mol. The van der Waals surface area contributed by atoms with E-state index in [0.717, 1.165) is 22.0 Å². The lowest BCUT2D eigenvalue weighted by molar-refractivity contribution is -0.139. The Morgan fingerprint density at radius 2 is 1.80 bits per heavy atom. The molecule has 0 unspecified atom stereocenters. The van der Waals surface area contributed by atoms with Gasteiger partial charge in [-0.25, -0.2) is 14.6 Å². The molecule has 1 atom stereocenters. The van der Waals surface area contributed by atoms with E-state index >= 15 is 0 Å². The second-order valence-electron chi connectivity index (χ2n) is 10.2. The van der Waals surface area contributed by atoms with Crippen molar-refractivity contribution in [2.75, 3.05) is 13.7 Å². The average Bonchev–Trinajstić information content (AvgIpc) is 3.34.